The molecule has 2 heterocycles. The van der Waals surface area contributed by atoms with Gasteiger partial charge in [-0.25, -0.2) is 8.78 Å². The van der Waals surface area contributed by atoms with Gasteiger partial charge in [-0.2, -0.15) is 0 Å². The van der Waals surface area contributed by atoms with Gasteiger partial charge < -0.3 is 19.6 Å². The molecule has 2 N–H and O–H groups in total. The summed E-state index contributed by atoms with van der Waals surface area (Å²) in [6.45, 7) is 1.44. The van der Waals surface area contributed by atoms with Gasteiger partial charge in [-0.1, -0.05) is 0 Å². The van der Waals surface area contributed by atoms with Gasteiger partial charge in [0.15, 0.2) is 16.3 Å². The zero-order chi connectivity index (χ0) is 15.0. The summed E-state index contributed by atoms with van der Waals surface area (Å²) in [5.74, 6) is -1.12. The van der Waals surface area contributed by atoms with Gasteiger partial charge in [0.25, 0.3) is 0 Å². The molecule has 0 amide bonds. The molecule has 112 valence electrons. The predicted octanol–water partition coefficient (Wildman–Crippen LogP) is 2.43. The van der Waals surface area contributed by atoms with Crippen molar-refractivity contribution in [3.8, 4) is 5.75 Å². The topological polar surface area (TPSA) is 45.1 Å². The molecule has 0 radical (unpaired) electrons. The smallest absolute Gasteiger partial charge is 0.180 e. The predicted molar refractivity (Wildman–Crippen MR) is 76.9 cm³/mol. The Morgan fingerprint density at radius 2 is 2.14 bits per heavy atom. The lowest BCUT2D eigenvalue weighted by Gasteiger charge is -2.26. The van der Waals surface area contributed by atoms with Crippen molar-refractivity contribution in [1.29, 1.82) is 0 Å². The fourth-order valence-corrected chi connectivity index (χ4v) is 2.98. The van der Waals surface area contributed by atoms with Crippen LogP contribution in [0, 0.1) is 16.4 Å². The molecule has 1 unspecified atom stereocenters. The minimum Gasteiger partial charge on any atom is -0.488 e. The van der Waals surface area contributed by atoms with Crippen LogP contribution in [0.15, 0.2) is 24.5 Å². The first-order chi connectivity index (χ1) is 10.1. The molecular weight excluding hydrogens is 296 g/mol. The zero-order valence-corrected chi connectivity index (χ0v) is 12.1. The summed E-state index contributed by atoms with van der Waals surface area (Å²) in [6, 6.07) is 2.07. The maximum atomic E-state index is 13.6. The van der Waals surface area contributed by atoms with E-state index >= 15 is 0 Å². The first-order valence-electron chi connectivity index (χ1n) is 6.68. The standard InChI is InChI=1S/C14H15F2N3OS/c15-10-5-9-6-11(8-20-13(9)12(16)7-10)19-4-3-18(2-1-17)14(19)21/h3-5,7,11H,1-2,6,8,17H2. The van der Waals surface area contributed by atoms with Crippen LogP contribution in [0.5, 0.6) is 5.75 Å². The van der Waals surface area contributed by atoms with Crippen LogP contribution in [-0.4, -0.2) is 22.3 Å². The van der Waals surface area contributed by atoms with Crippen molar-refractivity contribution in [2.45, 2.75) is 19.0 Å². The van der Waals surface area contributed by atoms with E-state index in [2.05, 4.69) is 0 Å². The fourth-order valence-electron chi connectivity index (χ4n) is 2.61. The normalized spacial score (nSPS) is 17.4. The number of rotatable bonds is 3. The molecule has 1 aliphatic rings. The number of benzene rings is 1. The SMILES string of the molecule is NCCn1ccn(C2COc3c(F)cc(F)cc3C2)c1=S. The molecule has 0 fully saturated rings. The average molecular weight is 311 g/mol. The quantitative estimate of drug-likeness (QED) is 0.886. The Labute approximate surface area is 125 Å². The lowest BCUT2D eigenvalue weighted by molar-refractivity contribution is 0.211. The minimum atomic E-state index is -0.659. The largest absolute Gasteiger partial charge is 0.488 e. The monoisotopic (exact) mass is 311 g/mol. The second kappa shape index (κ2) is 5.57. The minimum absolute atomic E-state index is 0.0785. The van der Waals surface area contributed by atoms with Gasteiger partial charge in [-0.15, -0.1) is 0 Å². The highest BCUT2D eigenvalue weighted by Gasteiger charge is 2.25. The number of halogens is 2. The molecule has 0 saturated heterocycles. The van der Waals surface area contributed by atoms with Gasteiger partial charge in [0.05, 0.1) is 6.04 Å². The van der Waals surface area contributed by atoms with Crippen LogP contribution < -0.4 is 10.5 Å². The fraction of sp³-hybridized carbons (Fsp3) is 0.357. The third-order valence-corrected chi connectivity index (χ3v) is 4.04. The van der Waals surface area contributed by atoms with E-state index in [1.54, 1.807) is 0 Å². The maximum absolute atomic E-state index is 13.6. The average Bonchev–Trinajstić information content (AvgIpc) is 2.80. The van der Waals surface area contributed by atoms with Crippen LogP contribution in [0.1, 0.15) is 11.6 Å². The summed E-state index contributed by atoms with van der Waals surface area (Å²) in [4.78, 5) is 0. The van der Waals surface area contributed by atoms with Crippen LogP contribution in [0.3, 0.4) is 0 Å². The maximum Gasteiger partial charge on any atom is 0.180 e. The van der Waals surface area contributed by atoms with E-state index in [0.717, 1.165) is 6.07 Å². The van der Waals surface area contributed by atoms with Crippen LogP contribution in [0.25, 0.3) is 0 Å². The van der Waals surface area contributed by atoms with Crippen LogP contribution in [-0.2, 0) is 13.0 Å². The molecule has 3 rings (SSSR count). The second-order valence-corrected chi connectivity index (χ2v) is 5.38. The van der Waals surface area contributed by atoms with Gasteiger partial charge in [0, 0.05) is 43.5 Å². The first kappa shape index (κ1) is 14.2. The van der Waals surface area contributed by atoms with Crippen molar-refractivity contribution in [3.05, 3.63) is 46.5 Å². The van der Waals surface area contributed by atoms with E-state index in [-0.39, 0.29) is 11.8 Å². The number of imidazole rings is 1. The van der Waals surface area contributed by atoms with E-state index in [1.165, 1.54) is 6.07 Å². The van der Waals surface area contributed by atoms with Gasteiger partial charge in [0.2, 0.25) is 0 Å². The Morgan fingerprint density at radius 1 is 1.33 bits per heavy atom. The molecule has 7 heteroatoms. The molecule has 4 nitrogen and oxygen atoms in total. The van der Waals surface area contributed by atoms with Crippen molar-refractivity contribution in [3.63, 3.8) is 0 Å². The molecule has 0 bridgehead atoms. The number of nitrogens with zero attached hydrogens (tertiary/aromatic N) is 2. The van der Waals surface area contributed by atoms with Crippen molar-refractivity contribution in [2.75, 3.05) is 13.2 Å². The van der Waals surface area contributed by atoms with Gasteiger partial charge in [-0.3, -0.25) is 0 Å². The van der Waals surface area contributed by atoms with Gasteiger partial charge in [0.1, 0.15) is 12.4 Å². The van der Waals surface area contributed by atoms with Crippen molar-refractivity contribution < 1.29 is 13.5 Å². The Kier molecular flexibility index (Phi) is 3.77. The van der Waals surface area contributed by atoms with E-state index in [9.17, 15) is 8.78 Å². The highest BCUT2D eigenvalue weighted by Crippen LogP contribution is 2.32. The van der Waals surface area contributed by atoms with Gasteiger partial charge >= 0.3 is 0 Å². The first-order valence-corrected chi connectivity index (χ1v) is 7.09. The molecule has 0 saturated carbocycles. The Bertz CT molecular complexity index is 725. The molecule has 0 aliphatic carbocycles. The summed E-state index contributed by atoms with van der Waals surface area (Å²) in [5.41, 5.74) is 6.05. The third kappa shape index (κ3) is 2.58. The van der Waals surface area contributed by atoms with Crippen LogP contribution in [0.2, 0.25) is 0 Å². The highest BCUT2D eigenvalue weighted by atomic mass is 32.1. The third-order valence-electron chi connectivity index (χ3n) is 3.60. The van der Waals surface area contributed by atoms with E-state index in [1.807, 2.05) is 21.5 Å². The van der Waals surface area contributed by atoms with Crippen molar-refractivity contribution in [1.82, 2.24) is 9.13 Å². The molecule has 21 heavy (non-hydrogen) atoms. The zero-order valence-electron chi connectivity index (χ0n) is 11.3. The Hall–Kier alpha value is -1.73. The van der Waals surface area contributed by atoms with E-state index < -0.39 is 11.6 Å². The molecule has 1 atom stereocenters. The number of fused-ring (bicyclic) bond motifs is 1. The summed E-state index contributed by atoms with van der Waals surface area (Å²) in [7, 11) is 0. The molecule has 1 aromatic carbocycles. The number of ether oxygens (including phenoxy) is 1. The molecule has 2 aromatic rings. The summed E-state index contributed by atoms with van der Waals surface area (Å²) >= 11 is 5.39. The Balaban J connectivity index is 1.91. The van der Waals surface area contributed by atoms with Crippen molar-refractivity contribution in [2.24, 2.45) is 5.73 Å². The lowest BCUT2D eigenvalue weighted by atomic mass is 10.0. The lowest BCUT2D eigenvalue weighted by Crippen LogP contribution is -2.25. The summed E-state index contributed by atoms with van der Waals surface area (Å²) < 4.78 is 36.8. The molecule has 0 spiro atoms. The van der Waals surface area contributed by atoms with Crippen molar-refractivity contribution >= 4 is 12.2 Å². The second-order valence-electron chi connectivity index (χ2n) is 5.01. The van der Waals surface area contributed by atoms with Crippen LogP contribution >= 0.6 is 12.2 Å². The number of hydrogen-bond acceptors (Lipinski definition) is 3. The summed E-state index contributed by atoms with van der Waals surface area (Å²) in [5, 5.41) is 0. The van der Waals surface area contributed by atoms with E-state index in [0.29, 0.717) is 36.5 Å². The van der Waals surface area contributed by atoms with Crippen LogP contribution in [0.4, 0.5) is 8.78 Å². The summed E-state index contributed by atoms with van der Waals surface area (Å²) in [6.07, 6.45) is 4.19. The van der Waals surface area contributed by atoms with E-state index in [4.69, 9.17) is 22.7 Å². The van der Waals surface area contributed by atoms with Gasteiger partial charge in [-0.05, 0) is 18.3 Å². The number of hydrogen-bond donors (Lipinski definition) is 1. The molecule has 1 aliphatic heterocycles. The molecular formula is C14H15F2N3OS. The Morgan fingerprint density at radius 3 is 2.90 bits per heavy atom. The number of aromatic nitrogens is 2. The highest BCUT2D eigenvalue weighted by molar-refractivity contribution is 7.71. The molecule has 1 aromatic heterocycles. The number of nitrogens with two attached hydrogens (primary N) is 1.